The topological polar surface area (TPSA) is 49.4 Å². The van der Waals surface area contributed by atoms with Crippen molar-refractivity contribution in [3.63, 3.8) is 0 Å². The summed E-state index contributed by atoms with van der Waals surface area (Å²) in [4.78, 5) is 0. The lowest BCUT2D eigenvalue weighted by atomic mass is 10.1. The van der Waals surface area contributed by atoms with Gasteiger partial charge in [0.1, 0.15) is 0 Å². The van der Waals surface area contributed by atoms with Crippen molar-refractivity contribution in [2.24, 2.45) is 20.3 Å². The van der Waals surface area contributed by atoms with Gasteiger partial charge in [0.2, 0.25) is 0 Å². The molecule has 0 atom stereocenters. The van der Waals surface area contributed by atoms with Crippen LogP contribution in [0.3, 0.4) is 0 Å². The standard InChI is InChI=1S/C10H14BN4/c1-7-5-8(2)10(9(3)6-7)13-15-11-14-12-4/h5-6H,1-4H3. The van der Waals surface area contributed by atoms with E-state index in [1.54, 1.807) is 7.05 Å². The van der Waals surface area contributed by atoms with Crippen molar-refractivity contribution in [2.45, 2.75) is 20.8 Å². The molecule has 0 aromatic heterocycles. The third-order valence-corrected chi connectivity index (χ3v) is 2.01. The van der Waals surface area contributed by atoms with Crippen molar-refractivity contribution < 1.29 is 0 Å². The Kier molecular flexibility index (Phi) is 4.15. The van der Waals surface area contributed by atoms with E-state index < -0.39 is 0 Å². The first-order valence-electron chi connectivity index (χ1n) is 4.74. The Labute approximate surface area is 90.8 Å². The molecule has 4 nitrogen and oxygen atoms in total. The van der Waals surface area contributed by atoms with E-state index in [0.717, 1.165) is 16.8 Å². The molecule has 0 heterocycles. The molecule has 1 aromatic rings. The molecule has 0 aliphatic heterocycles. The summed E-state index contributed by atoms with van der Waals surface area (Å²) >= 11 is 0. The van der Waals surface area contributed by atoms with Crippen molar-refractivity contribution in [3.05, 3.63) is 28.8 Å². The molecular weight excluding hydrogens is 187 g/mol. The van der Waals surface area contributed by atoms with Crippen molar-refractivity contribution in [1.82, 2.24) is 0 Å². The number of benzene rings is 1. The van der Waals surface area contributed by atoms with E-state index in [1.165, 1.54) is 13.1 Å². The first-order valence-corrected chi connectivity index (χ1v) is 4.74. The highest BCUT2D eigenvalue weighted by molar-refractivity contribution is 6.29. The maximum Gasteiger partial charge on any atom is 0.485 e. The molecule has 0 aliphatic carbocycles. The summed E-state index contributed by atoms with van der Waals surface area (Å²) < 4.78 is 0. The van der Waals surface area contributed by atoms with E-state index in [0.29, 0.717) is 0 Å². The summed E-state index contributed by atoms with van der Waals surface area (Å²) in [7, 11) is 2.92. The first-order chi connectivity index (χ1) is 7.15. The van der Waals surface area contributed by atoms with Gasteiger partial charge < -0.3 is 0 Å². The van der Waals surface area contributed by atoms with Gasteiger partial charge in [0.05, 0.1) is 5.69 Å². The fourth-order valence-corrected chi connectivity index (χ4v) is 1.49. The zero-order valence-electron chi connectivity index (χ0n) is 9.52. The smallest absolute Gasteiger partial charge is 0.228 e. The summed E-state index contributed by atoms with van der Waals surface area (Å²) in [6.45, 7) is 6.11. The molecule has 0 N–H and O–H groups in total. The van der Waals surface area contributed by atoms with Gasteiger partial charge >= 0.3 is 7.55 Å². The van der Waals surface area contributed by atoms with Crippen LogP contribution in [0.4, 0.5) is 5.69 Å². The Morgan fingerprint density at radius 1 is 1.00 bits per heavy atom. The van der Waals surface area contributed by atoms with Crippen molar-refractivity contribution in [3.8, 4) is 0 Å². The van der Waals surface area contributed by atoms with Crippen LogP contribution in [0.1, 0.15) is 16.7 Å². The third-order valence-electron chi connectivity index (χ3n) is 2.01. The van der Waals surface area contributed by atoms with E-state index in [4.69, 9.17) is 0 Å². The highest BCUT2D eigenvalue weighted by Crippen LogP contribution is 2.24. The van der Waals surface area contributed by atoms with Gasteiger partial charge in [-0.05, 0) is 31.9 Å². The highest BCUT2D eigenvalue weighted by atomic mass is 15.1. The normalized spacial score (nSPS) is 11.5. The molecule has 0 unspecified atom stereocenters. The van der Waals surface area contributed by atoms with Gasteiger partial charge in [0, 0.05) is 7.05 Å². The van der Waals surface area contributed by atoms with Crippen molar-refractivity contribution in [2.75, 3.05) is 7.05 Å². The number of hydrogen-bond acceptors (Lipinski definition) is 4. The maximum absolute atomic E-state index is 4.10. The van der Waals surface area contributed by atoms with Crippen LogP contribution in [0.25, 0.3) is 0 Å². The Bertz CT molecular complexity index is 375. The molecule has 1 radical (unpaired) electrons. The zero-order chi connectivity index (χ0) is 11.3. The van der Waals surface area contributed by atoms with Crippen LogP contribution in [0.2, 0.25) is 0 Å². The average molecular weight is 201 g/mol. The Hall–Kier alpha value is -1.52. The number of aryl methyl sites for hydroxylation is 3. The lowest BCUT2D eigenvalue weighted by Crippen LogP contribution is -1.84. The van der Waals surface area contributed by atoms with E-state index in [2.05, 4.69) is 39.3 Å². The average Bonchev–Trinajstić information content (AvgIpc) is 2.15. The fraction of sp³-hybridized carbons (Fsp3) is 0.400. The fourth-order valence-electron chi connectivity index (χ4n) is 1.49. The summed E-state index contributed by atoms with van der Waals surface area (Å²) in [6, 6.07) is 4.17. The number of rotatable bonds is 3. The van der Waals surface area contributed by atoms with E-state index >= 15 is 0 Å². The van der Waals surface area contributed by atoms with Gasteiger partial charge in [0.25, 0.3) is 0 Å². The summed E-state index contributed by atoms with van der Waals surface area (Å²) in [5.41, 5.74) is 4.39. The predicted molar refractivity (Wildman–Crippen MR) is 61.7 cm³/mol. The SMILES string of the molecule is CN=N[B]N=Nc1c(C)cc(C)cc1C. The molecule has 1 rings (SSSR count). The molecule has 77 valence electrons. The van der Waals surface area contributed by atoms with Crippen LogP contribution in [0.5, 0.6) is 0 Å². The Morgan fingerprint density at radius 2 is 1.60 bits per heavy atom. The van der Waals surface area contributed by atoms with E-state index in [1.807, 2.05) is 13.8 Å². The molecule has 0 spiro atoms. The predicted octanol–water partition coefficient (Wildman–Crippen LogP) is 3.31. The van der Waals surface area contributed by atoms with Crippen LogP contribution in [-0.4, -0.2) is 14.6 Å². The van der Waals surface area contributed by atoms with E-state index in [9.17, 15) is 0 Å². The molecule has 1 aromatic carbocycles. The molecule has 15 heavy (non-hydrogen) atoms. The number of hydrogen-bond donors (Lipinski definition) is 0. The minimum atomic E-state index is 0.906. The molecule has 0 aliphatic rings. The second kappa shape index (κ2) is 5.39. The molecule has 0 saturated carbocycles. The minimum absolute atomic E-state index is 0.906. The Morgan fingerprint density at radius 3 is 2.13 bits per heavy atom. The third kappa shape index (κ3) is 3.27. The summed E-state index contributed by atoms with van der Waals surface area (Å²) in [6.07, 6.45) is 0. The van der Waals surface area contributed by atoms with Crippen LogP contribution in [-0.2, 0) is 0 Å². The van der Waals surface area contributed by atoms with Crippen molar-refractivity contribution in [1.29, 1.82) is 0 Å². The highest BCUT2D eigenvalue weighted by Gasteiger charge is 2.01. The zero-order valence-corrected chi connectivity index (χ0v) is 9.52. The minimum Gasteiger partial charge on any atom is -0.228 e. The molecule has 0 saturated heterocycles. The van der Waals surface area contributed by atoms with Crippen LogP contribution in [0, 0.1) is 20.8 Å². The van der Waals surface area contributed by atoms with Crippen LogP contribution in [0.15, 0.2) is 32.4 Å². The lowest BCUT2D eigenvalue weighted by molar-refractivity contribution is 1.18. The molecule has 0 bridgehead atoms. The van der Waals surface area contributed by atoms with Crippen LogP contribution < -0.4 is 0 Å². The molecule has 0 amide bonds. The van der Waals surface area contributed by atoms with Crippen LogP contribution >= 0.6 is 0 Å². The number of nitrogens with zero attached hydrogens (tertiary/aromatic N) is 4. The van der Waals surface area contributed by atoms with Gasteiger partial charge in [-0.2, -0.15) is 5.11 Å². The lowest BCUT2D eigenvalue weighted by Gasteiger charge is -2.04. The maximum atomic E-state index is 4.10. The molecule has 5 heteroatoms. The quantitative estimate of drug-likeness (QED) is 0.532. The monoisotopic (exact) mass is 201 g/mol. The second-order valence-corrected chi connectivity index (χ2v) is 3.39. The van der Waals surface area contributed by atoms with E-state index in [-0.39, 0.29) is 0 Å². The van der Waals surface area contributed by atoms with Gasteiger partial charge in [-0.1, -0.05) is 17.7 Å². The second-order valence-electron chi connectivity index (χ2n) is 3.39. The largest absolute Gasteiger partial charge is 0.485 e. The van der Waals surface area contributed by atoms with Crippen molar-refractivity contribution >= 4 is 13.2 Å². The van der Waals surface area contributed by atoms with Gasteiger partial charge in [-0.25, -0.2) is 15.2 Å². The molecule has 0 fully saturated rings. The summed E-state index contributed by atoms with van der Waals surface area (Å²) in [5.74, 6) is 0. The van der Waals surface area contributed by atoms with Gasteiger partial charge in [0.15, 0.2) is 0 Å². The Balaban J connectivity index is 2.90. The first kappa shape index (κ1) is 11.6. The van der Waals surface area contributed by atoms with Gasteiger partial charge in [-0.3, -0.25) is 0 Å². The van der Waals surface area contributed by atoms with Gasteiger partial charge in [-0.15, -0.1) is 0 Å². The molecular formula is C10H14BN4. The summed E-state index contributed by atoms with van der Waals surface area (Å²) in [5, 5.41) is 15.1.